The summed E-state index contributed by atoms with van der Waals surface area (Å²) in [6.07, 6.45) is -8.06. The standard InChI is InChI=1S/C28H25NO8/c30-21-22(31)25(36-27(33)19-14-8-3-9-15-19)24-20(23(21)35-26(32)18-12-6-2-7-13-18)29(28(34)37-24)16-17-10-4-1-5-11-17/h1-15,20-25,30-31H,16H2/t20-,21+,22-,23+,24-,25-/m0/s1. The van der Waals surface area contributed by atoms with Crippen LogP contribution in [0.4, 0.5) is 4.79 Å². The summed E-state index contributed by atoms with van der Waals surface area (Å²) in [4.78, 5) is 40.0. The van der Waals surface area contributed by atoms with Crippen molar-refractivity contribution < 1.29 is 38.8 Å². The van der Waals surface area contributed by atoms with Crippen LogP contribution in [0, 0.1) is 0 Å². The van der Waals surface area contributed by atoms with E-state index in [2.05, 4.69) is 0 Å². The lowest BCUT2D eigenvalue weighted by Crippen LogP contribution is -2.67. The number of carbonyl (C=O) groups excluding carboxylic acids is 3. The maximum absolute atomic E-state index is 13.0. The van der Waals surface area contributed by atoms with E-state index in [9.17, 15) is 24.6 Å². The molecule has 1 heterocycles. The topological polar surface area (TPSA) is 123 Å². The molecule has 1 saturated carbocycles. The molecule has 1 amide bonds. The number of esters is 2. The van der Waals surface area contributed by atoms with Crippen molar-refractivity contribution in [3.8, 4) is 0 Å². The van der Waals surface area contributed by atoms with Gasteiger partial charge in [0, 0.05) is 6.54 Å². The Morgan fingerprint density at radius 2 is 1.19 bits per heavy atom. The molecular formula is C28H25NO8. The molecule has 9 nitrogen and oxygen atoms in total. The zero-order valence-electron chi connectivity index (χ0n) is 19.6. The highest BCUT2D eigenvalue weighted by Crippen LogP contribution is 2.37. The highest BCUT2D eigenvalue weighted by atomic mass is 16.6. The van der Waals surface area contributed by atoms with Gasteiger partial charge in [0.25, 0.3) is 0 Å². The van der Waals surface area contributed by atoms with E-state index in [0.717, 1.165) is 5.56 Å². The van der Waals surface area contributed by atoms with Gasteiger partial charge in [-0.05, 0) is 29.8 Å². The first-order chi connectivity index (χ1) is 17.9. The van der Waals surface area contributed by atoms with Gasteiger partial charge in [0.2, 0.25) is 0 Å². The third-order valence-corrected chi connectivity index (χ3v) is 6.55. The molecule has 2 fully saturated rings. The molecule has 9 heteroatoms. The predicted molar refractivity (Wildman–Crippen MR) is 129 cm³/mol. The highest BCUT2D eigenvalue weighted by Gasteiger charge is 2.61. The summed E-state index contributed by atoms with van der Waals surface area (Å²) in [6.45, 7) is 0.0857. The average Bonchev–Trinajstić information content (AvgIpc) is 3.25. The van der Waals surface area contributed by atoms with Crippen LogP contribution < -0.4 is 0 Å². The zero-order chi connectivity index (χ0) is 25.9. The quantitative estimate of drug-likeness (QED) is 0.389. The van der Waals surface area contributed by atoms with Gasteiger partial charge in [-0.2, -0.15) is 0 Å². The number of fused-ring (bicyclic) bond motifs is 1. The number of aliphatic hydroxyl groups excluding tert-OH is 2. The first kappa shape index (κ1) is 24.5. The van der Waals surface area contributed by atoms with Crippen LogP contribution in [0.15, 0.2) is 91.0 Å². The molecule has 0 radical (unpaired) electrons. The van der Waals surface area contributed by atoms with E-state index in [1.165, 1.54) is 17.0 Å². The summed E-state index contributed by atoms with van der Waals surface area (Å²) in [6, 6.07) is 24.3. The lowest BCUT2D eigenvalue weighted by Gasteiger charge is -2.44. The molecule has 190 valence electrons. The normalized spacial score (nSPS) is 26.6. The fourth-order valence-corrected chi connectivity index (χ4v) is 4.72. The molecule has 37 heavy (non-hydrogen) atoms. The minimum Gasteiger partial charge on any atom is -0.454 e. The summed E-state index contributed by atoms with van der Waals surface area (Å²) in [7, 11) is 0. The van der Waals surface area contributed by atoms with Crippen LogP contribution in [0.3, 0.4) is 0 Å². The molecule has 6 atom stereocenters. The van der Waals surface area contributed by atoms with Crippen LogP contribution in [0.2, 0.25) is 0 Å². The van der Waals surface area contributed by atoms with Gasteiger partial charge < -0.3 is 24.4 Å². The molecular weight excluding hydrogens is 478 g/mol. The van der Waals surface area contributed by atoms with Crippen molar-refractivity contribution in [2.45, 2.75) is 43.1 Å². The minimum atomic E-state index is -1.69. The molecule has 1 saturated heterocycles. The van der Waals surface area contributed by atoms with Crippen LogP contribution in [0.5, 0.6) is 0 Å². The SMILES string of the molecule is O=C(O[C@H]1[C@@H](O)[C@@H](O)[C@H](OC(=O)c2ccccc2)[C@H]2[C@@H]1OC(=O)N2Cc1ccccc1)c1ccccc1. The third-order valence-electron chi connectivity index (χ3n) is 6.55. The summed E-state index contributed by atoms with van der Waals surface area (Å²) in [5.74, 6) is -1.50. The number of hydrogen-bond donors (Lipinski definition) is 2. The van der Waals surface area contributed by atoms with Gasteiger partial charge in [0.05, 0.1) is 11.1 Å². The third kappa shape index (κ3) is 4.91. The first-order valence-corrected chi connectivity index (χ1v) is 11.8. The summed E-state index contributed by atoms with van der Waals surface area (Å²) in [5.41, 5.74) is 1.23. The summed E-state index contributed by atoms with van der Waals surface area (Å²) >= 11 is 0. The molecule has 1 aliphatic heterocycles. The Labute approximate surface area is 212 Å². The monoisotopic (exact) mass is 503 g/mol. The van der Waals surface area contributed by atoms with Gasteiger partial charge in [-0.1, -0.05) is 66.7 Å². The van der Waals surface area contributed by atoms with E-state index in [0.29, 0.717) is 0 Å². The van der Waals surface area contributed by atoms with Crippen molar-refractivity contribution in [1.29, 1.82) is 0 Å². The van der Waals surface area contributed by atoms with E-state index < -0.39 is 54.6 Å². The molecule has 2 N–H and O–H groups in total. The van der Waals surface area contributed by atoms with Crippen molar-refractivity contribution in [2.75, 3.05) is 0 Å². The molecule has 0 bridgehead atoms. The van der Waals surface area contributed by atoms with Gasteiger partial charge in [-0.25, -0.2) is 14.4 Å². The predicted octanol–water partition coefficient (Wildman–Crippen LogP) is 2.56. The number of rotatable bonds is 6. The van der Waals surface area contributed by atoms with Crippen molar-refractivity contribution in [2.24, 2.45) is 0 Å². The number of nitrogens with zero attached hydrogens (tertiary/aromatic N) is 1. The van der Waals surface area contributed by atoms with Crippen molar-refractivity contribution in [3.63, 3.8) is 0 Å². The molecule has 3 aromatic carbocycles. The van der Waals surface area contributed by atoms with E-state index in [1.807, 2.05) is 30.3 Å². The molecule has 1 aliphatic carbocycles. The van der Waals surface area contributed by atoms with Gasteiger partial charge in [-0.3, -0.25) is 4.90 Å². The average molecular weight is 504 g/mol. The molecule has 2 aliphatic rings. The molecule has 3 aromatic rings. The highest BCUT2D eigenvalue weighted by molar-refractivity contribution is 5.90. The molecule has 0 unspecified atom stereocenters. The Morgan fingerprint density at radius 3 is 1.73 bits per heavy atom. The Hall–Kier alpha value is -4.21. The van der Waals surface area contributed by atoms with Crippen LogP contribution in [-0.2, 0) is 20.8 Å². The number of aliphatic hydroxyl groups is 2. The van der Waals surface area contributed by atoms with E-state index in [1.54, 1.807) is 48.5 Å². The van der Waals surface area contributed by atoms with Crippen LogP contribution in [-0.4, -0.2) is 69.7 Å². The van der Waals surface area contributed by atoms with Crippen LogP contribution >= 0.6 is 0 Å². The maximum atomic E-state index is 13.0. The summed E-state index contributed by atoms with van der Waals surface area (Å²) < 4.78 is 16.8. The Bertz CT molecular complexity index is 1250. The van der Waals surface area contributed by atoms with E-state index >= 15 is 0 Å². The molecule has 0 aromatic heterocycles. The second-order valence-electron chi connectivity index (χ2n) is 8.91. The number of ether oxygens (including phenoxy) is 3. The zero-order valence-corrected chi connectivity index (χ0v) is 19.6. The largest absolute Gasteiger partial charge is 0.454 e. The number of amides is 1. The molecule has 5 rings (SSSR count). The lowest BCUT2D eigenvalue weighted by atomic mass is 9.82. The maximum Gasteiger partial charge on any atom is 0.411 e. The Balaban J connectivity index is 1.47. The second-order valence-corrected chi connectivity index (χ2v) is 8.91. The Morgan fingerprint density at radius 1 is 0.730 bits per heavy atom. The van der Waals surface area contributed by atoms with Crippen LogP contribution in [0.25, 0.3) is 0 Å². The number of hydrogen-bond acceptors (Lipinski definition) is 8. The minimum absolute atomic E-state index is 0.0857. The van der Waals surface area contributed by atoms with Crippen molar-refractivity contribution in [1.82, 2.24) is 4.90 Å². The number of benzene rings is 3. The summed E-state index contributed by atoms with van der Waals surface area (Å²) in [5, 5.41) is 22.1. The van der Waals surface area contributed by atoms with Crippen molar-refractivity contribution in [3.05, 3.63) is 108 Å². The van der Waals surface area contributed by atoms with Crippen LogP contribution in [0.1, 0.15) is 26.3 Å². The van der Waals surface area contributed by atoms with Crippen molar-refractivity contribution >= 4 is 18.0 Å². The van der Waals surface area contributed by atoms with Gasteiger partial charge in [0.1, 0.15) is 18.2 Å². The van der Waals surface area contributed by atoms with E-state index in [4.69, 9.17) is 14.2 Å². The second kappa shape index (κ2) is 10.4. The fourth-order valence-electron chi connectivity index (χ4n) is 4.72. The Kier molecular flexibility index (Phi) is 6.89. The fraction of sp³-hybridized carbons (Fsp3) is 0.250. The first-order valence-electron chi connectivity index (χ1n) is 11.8. The lowest BCUT2D eigenvalue weighted by molar-refractivity contribution is -0.184. The van der Waals surface area contributed by atoms with E-state index in [-0.39, 0.29) is 17.7 Å². The molecule has 0 spiro atoms. The smallest absolute Gasteiger partial charge is 0.411 e. The van der Waals surface area contributed by atoms with Gasteiger partial charge in [-0.15, -0.1) is 0 Å². The van der Waals surface area contributed by atoms with Gasteiger partial charge >= 0.3 is 18.0 Å². The number of carbonyl (C=O) groups is 3. The van der Waals surface area contributed by atoms with Gasteiger partial charge in [0.15, 0.2) is 18.3 Å².